The molecule has 0 saturated heterocycles. The van der Waals surface area contributed by atoms with Gasteiger partial charge in [0.1, 0.15) is 0 Å². The molecule has 0 bridgehead atoms. The number of methoxy groups -OCH3 is 1. The van der Waals surface area contributed by atoms with Crippen molar-refractivity contribution in [2.45, 2.75) is 59.7 Å². The summed E-state index contributed by atoms with van der Waals surface area (Å²) in [7, 11) is 1.68. The van der Waals surface area contributed by atoms with Gasteiger partial charge in [0.15, 0.2) is 11.5 Å². The SMILES string of the molecule is CCC(NCc1ccc(OC(C)C)c(OC)c1)C(C)C. The molecule has 1 atom stereocenters. The molecule has 0 aliphatic heterocycles. The molecule has 0 aliphatic carbocycles. The van der Waals surface area contributed by atoms with E-state index < -0.39 is 0 Å². The van der Waals surface area contributed by atoms with Gasteiger partial charge in [-0.25, -0.2) is 0 Å². The van der Waals surface area contributed by atoms with E-state index in [0.717, 1.165) is 24.5 Å². The molecule has 0 aromatic heterocycles. The van der Waals surface area contributed by atoms with E-state index in [1.54, 1.807) is 7.11 Å². The van der Waals surface area contributed by atoms with Gasteiger partial charge in [-0.05, 0) is 43.9 Å². The van der Waals surface area contributed by atoms with E-state index in [0.29, 0.717) is 12.0 Å². The molecule has 1 unspecified atom stereocenters. The Kier molecular flexibility index (Phi) is 6.86. The Hall–Kier alpha value is -1.22. The normalized spacial score (nSPS) is 12.8. The minimum Gasteiger partial charge on any atom is -0.493 e. The zero-order chi connectivity index (χ0) is 15.1. The molecule has 1 aromatic carbocycles. The van der Waals surface area contributed by atoms with Crippen LogP contribution in [-0.4, -0.2) is 19.3 Å². The molecular weight excluding hydrogens is 250 g/mol. The van der Waals surface area contributed by atoms with Gasteiger partial charge in [-0.1, -0.05) is 26.8 Å². The van der Waals surface area contributed by atoms with Crippen LogP contribution in [-0.2, 0) is 6.54 Å². The molecule has 0 aliphatic rings. The average molecular weight is 279 g/mol. The fourth-order valence-electron chi connectivity index (χ4n) is 2.27. The summed E-state index contributed by atoms with van der Waals surface area (Å²) in [5, 5.41) is 3.60. The van der Waals surface area contributed by atoms with Gasteiger partial charge in [0.05, 0.1) is 13.2 Å². The lowest BCUT2D eigenvalue weighted by molar-refractivity contribution is 0.230. The van der Waals surface area contributed by atoms with E-state index in [2.05, 4.69) is 38.2 Å². The second-order valence-electron chi connectivity index (χ2n) is 5.79. The van der Waals surface area contributed by atoms with Gasteiger partial charge in [0.25, 0.3) is 0 Å². The average Bonchev–Trinajstić information content (AvgIpc) is 2.39. The fourth-order valence-corrected chi connectivity index (χ4v) is 2.27. The Bertz CT molecular complexity index is 402. The monoisotopic (exact) mass is 279 g/mol. The summed E-state index contributed by atoms with van der Waals surface area (Å²) >= 11 is 0. The molecule has 0 spiro atoms. The van der Waals surface area contributed by atoms with Crippen molar-refractivity contribution in [3.8, 4) is 11.5 Å². The van der Waals surface area contributed by atoms with Gasteiger partial charge >= 0.3 is 0 Å². The van der Waals surface area contributed by atoms with Crippen molar-refractivity contribution in [3.05, 3.63) is 23.8 Å². The molecule has 1 N–H and O–H groups in total. The molecule has 3 nitrogen and oxygen atoms in total. The Morgan fingerprint density at radius 3 is 2.30 bits per heavy atom. The summed E-state index contributed by atoms with van der Waals surface area (Å²) in [6, 6.07) is 6.69. The van der Waals surface area contributed by atoms with Gasteiger partial charge < -0.3 is 14.8 Å². The molecular formula is C17H29NO2. The maximum absolute atomic E-state index is 5.73. The highest BCUT2D eigenvalue weighted by atomic mass is 16.5. The fraction of sp³-hybridized carbons (Fsp3) is 0.647. The third kappa shape index (κ3) is 5.04. The van der Waals surface area contributed by atoms with Crippen molar-refractivity contribution in [3.63, 3.8) is 0 Å². The Morgan fingerprint density at radius 2 is 1.80 bits per heavy atom. The number of nitrogens with one attached hydrogen (secondary N) is 1. The molecule has 3 heteroatoms. The van der Waals surface area contributed by atoms with Crippen LogP contribution >= 0.6 is 0 Å². The molecule has 114 valence electrons. The lowest BCUT2D eigenvalue weighted by atomic mass is 10.0. The van der Waals surface area contributed by atoms with E-state index in [9.17, 15) is 0 Å². The molecule has 0 radical (unpaired) electrons. The lowest BCUT2D eigenvalue weighted by Gasteiger charge is -2.21. The van der Waals surface area contributed by atoms with Crippen molar-refractivity contribution in [2.75, 3.05) is 7.11 Å². The molecule has 1 aromatic rings. The maximum Gasteiger partial charge on any atom is 0.161 e. The summed E-state index contributed by atoms with van der Waals surface area (Å²) in [6.07, 6.45) is 1.29. The molecule has 0 saturated carbocycles. The van der Waals surface area contributed by atoms with Crippen LogP contribution in [0.2, 0.25) is 0 Å². The minimum atomic E-state index is 0.151. The third-order valence-corrected chi connectivity index (χ3v) is 3.40. The minimum absolute atomic E-state index is 0.151. The van der Waals surface area contributed by atoms with E-state index in [-0.39, 0.29) is 6.10 Å². The highest BCUT2D eigenvalue weighted by Gasteiger charge is 2.11. The summed E-state index contributed by atoms with van der Waals surface area (Å²) in [5.41, 5.74) is 1.22. The topological polar surface area (TPSA) is 30.5 Å². The first-order chi connectivity index (χ1) is 9.47. The number of benzene rings is 1. The second-order valence-corrected chi connectivity index (χ2v) is 5.79. The highest BCUT2D eigenvalue weighted by Crippen LogP contribution is 2.29. The number of ether oxygens (including phenoxy) is 2. The zero-order valence-corrected chi connectivity index (χ0v) is 13.7. The van der Waals surface area contributed by atoms with Gasteiger partial charge in [-0.3, -0.25) is 0 Å². The first-order valence-corrected chi connectivity index (χ1v) is 7.54. The summed E-state index contributed by atoms with van der Waals surface area (Å²) in [5.74, 6) is 2.25. The van der Waals surface area contributed by atoms with Gasteiger partial charge in [-0.2, -0.15) is 0 Å². The van der Waals surface area contributed by atoms with E-state index in [1.165, 1.54) is 5.56 Å². The zero-order valence-electron chi connectivity index (χ0n) is 13.7. The van der Waals surface area contributed by atoms with Gasteiger partial charge in [-0.15, -0.1) is 0 Å². The number of hydrogen-bond acceptors (Lipinski definition) is 3. The highest BCUT2D eigenvalue weighted by molar-refractivity contribution is 5.43. The third-order valence-electron chi connectivity index (χ3n) is 3.40. The predicted molar refractivity (Wildman–Crippen MR) is 84.5 cm³/mol. The molecule has 20 heavy (non-hydrogen) atoms. The van der Waals surface area contributed by atoms with Crippen molar-refractivity contribution in [2.24, 2.45) is 5.92 Å². The standard InChI is InChI=1S/C17H29NO2/c1-7-15(12(2)3)18-11-14-8-9-16(20-13(4)5)17(10-14)19-6/h8-10,12-13,15,18H,7,11H2,1-6H3. The van der Waals surface area contributed by atoms with Crippen LogP contribution in [0.5, 0.6) is 11.5 Å². The Balaban J connectivity index is 2.72. The quantitative estimate of drug-likeness (QED) is 0.780. The van der Waals surface area contributed by atoms with E-state index in [4.69, 9.17) is 9.47 Å². The van der Waals surface area contributed by atoms with Gasteiger partial charge in [0, 0.05) is 12.6 Å². The van der Waals surface area contributed by atoms with Crippen LogP contribution in [0.4, 0.5) is 0 Å². The number of rotatable bonds is 8. The molecule has 0 heterocycles. The van der Waals surface area contributed by atoms with E-state index >= 15 is 0 Å². The molecule has 0 fully saturated rings. The van der Waals surface area contributed by atoms with Crippen LogP contribution in [0, 0.1) is 5.92 Å². The summed E-state index contributed by atoms with van der Waals surface area (Å²) in [6.45, 7) is 11.6. The van der Waals surface area contributed by atoms with E-state index in [1.807, 2.05) is 19.9 Å². The smallest absolute Gasteiger partial charge is 0.161 e. The second kappa shape index (κ2) is 8.15. The largest absolute Gasteiger partial charge is 0.493 e. The Labute approximate surface area is 123 Å². The van der Waals surface area contributed by atoms with Crippen molar-refractivity contribution in [1.82, 2.24) is 5.32 Å². The van der Waals surface area contributed by atoms with Crippen molar-refractivity contribution in [1.29, 1.82) is 0 Å². The van der Waals surface area contributed by atoms with Crippen LogP contribution in [0.3, 0.4) is 0 Å². The first-order valence-electron chi connectivity index (χ1n) is 7.54. The maximum atomic E-state index is 5.73. The van der Waals surface area contributed by atoms with Crippen LogP contribution < -0.4 is 14.8 Å². The van der Waals surface area contributed by atoms with Crippen LogP contribution in [0.1, 0.15) is 46.6 Å². The van der Waals surface area contributed by atoms with Crippen molar-refractivity contribution >= 4 is 0 Å². The van der Waals surface area contributed by atoms with Crippen molar-refractivity contribution < 1.29 is 9.47 Å². The predicted octanol–water partition coefficient (Wildman–Crippen LogP) is 4.01. The van der Waals surface area contributed by atoms with Crippen LogP contribution in [0.15, 0.2) is 18.2 Å². The van der Waals surface area contributed by atoms with Crippen LogP contribution in [0.25, 0.3) is 0 Å². The summed E-state index contributed by atoms with van der Waals surface area (Å²) in [4.78, 5) is 0. The first kappa shape index (κ1) is 16.8. The van der Waals surface area contributed by atoms with Gasteiger partial charge in [0.2, 0.25) is 0 Å². The molecule has 0 amide bonds. The lowest BCUT2D eigenvalue weighted by Crippen LogP contribution is -2.32. The molecule has 1 rings (SSSR count). The summed E-state index contributed by atoms with van der Waals surface area (Å²) < 4.78 is 11.1. The number of hydrogen-bond donors (Lipinski definition) is 1. The Morgan fingerprint density at radius 1 is 1.10 bits per heavy atom.